The number of nitrogens with zero attached hydrogens (tertiary/aromatic N) is 1. The molecule has 0 aromatic carbocycles. The Labute approximate surface area is 206 Å². The molecule has 5 nitrogen and oxygen atoms in total. The van der Waals surface area contributed by atoms with Gasteiger partial charge in [-0.15, -0.1) is 22.7 Å². The second-order valence-corrected chi connectivity index (χ2v) is 12.8. The summed E-state index contributed by atoms with van der Waals surface area (Å²) < 4.78 is 0. The van der Waals surface area contributed by atoms with Crippen molar-refractivity contribution in [2.45, 2.75) is 58.1 Å². The van der Waals surface area contributed by atoms with Crippen LogP contribution in [0.2, 0.25) is 0 Å². The van der Waals surface area contributed by atoms with E-state index in [4.69, 9.17) is 4.98 Å². The minimum absolute atomic E-state index is 0.0307. The van der Waals surface area contributed by atoms with Crippen LogP contribution in [-0.4, -0.2) is 33.8 Å². The molecule has 3 aromatic heterocycles. The van der Waals surface area contributed by atoms with Gasteiger partial charge in [0.25, 0.3) is 0 Å². The van der Waals surface area contributed by atoms with E-state index in [0.717, 1.165) is 34.0 Å². The van der Waals surface area contributed by atoms with E-state index in [9.17, 15) is 15.0 Å². The van der Waals surface area contributed by atoms with Crippen molar-refractivity contribution in [1.82, 2.24) is 10.3 Å². The Morgan fingerprint density at radius 3 is 2.85 bits per heavy atom. The average Bonchev–Trinajstić information content (AvgIpc) is 3.57. The number of aliphatic hydroxyl groups is 2. The number of fused-ring (bicyclic) bond motifs is 2. The Kier molecular flexibility index (Phi) is 6.24. The SMILES string of the molecule is CC1(CO)C(O)CCC2(C)C(CC(=O)NCc3cccs3)c3nc(-c4ccsc4)sc3CC12. The highest BCUT2D eigenvalue weighted by Gasteiger charge is 2.59. The van der Waals surface area contributed by atoms with E-state index in [1.54, 1.807) is 34.0 Å². The normalized spacial score (nSPS) is 31.1. The lowest BCUT2D eigenvalue weighted by Gasteiger charge is -2.58. The highest BCUT2D eigenvalue weighted by Crippen LogP contribution is 2.62. The van der Waals surface area contributed by atoms with Crippen molar-refractivity contribution in [2.75, 3.05) is 6.61 Å². The van der Waals surface area contributed by atoms with Crippen LogP contribution >= 0.6 is 34.0 Å². The largest absolute Gasteiger partial charge is 0.396 e. The number of hydrogen-bond acceptors (Lipinski definition) is 7. The van der Waals surface area contributed by atoms with E-state index >= 15 is 0 Å². The number of nitrogens with one attached hydrogen (secondary N) is 1. The zero-order chi connectivity index (χ0) is 23.2. The molecule has 3 N–H and O–H groups in total. The summed E-state index contributed by atoms with van der Waals surface area (Å²) >= 11 is 5.00. The molecule has 33 heavy (non-hydrogen) atoms. The first-order valence-corrected chi connectivity index (χ1v) is 14.1. The van der Waals surface area contributed by atoms with Crippen molar-refractivity contribution < 1.29 is 15.0 Å². The number of rotatable bonds is 6. The maximum Gasteiger partial charge on any atom is 0.220 e. The van der Waals surface area contributed by atoms with E-state index in [0.29, 0.717) is 19.4 Å². The van der Waals surface area contributed by atoms with Gasteiger partial charge in [-0.2, -0.15) is 11.3 Å². The maximum atomic E-state index is 13.1. The predicted molar refractivity (Wildman–Crippen MR) is 135 cm³/mol. The van der Waals surface area contributed by atoms with Gasteiger partial charge < -0.3 is 15.5 Å². The number of carbonyl (C=O) groups excluding carboxylic acids is 1. The van der Waals surface area contributed by atoms with Crippen molar-refractivity contribution in [1.29, 1.82) is 0 Å². The molecule has 2 aliphatic carbocycles. The fourth-order valence-corrected chi connectivity index (χ4v) is 8.54. The number of hydrogen-bond donors (Lipinski definition) is 3. The zero-order valence-electron chi connectivity index (χ0n) is 18.9. The minimum atomic E-state index is -0.594. The van der Waals surface area contributed by atoms with Crippen molar-refractivity contribution in [3.8, 4) is 10.6 Å². The molecule has 5 atom stereocenters. The standard InChI is InChI=1S/C25H30N2O3S3/c1-24-7-5-20(29)25(2,14-28)19(24)11-18-22(27-23(33-18)15-6-9-31-13-15)17(24)10-21(30)26-12-16-4-3-8-32-16/h3-4,6,8-9,13,17,19-20,28-29H,5,7,10-12,14H2,1-2H3,(H,26,30). The Morgan fingerprint density at radius 1 is 1.30 bits per heavy atom. The van der Waals surface area contributed by atoms with E-state index in [2.05, 4.69) is 29.1 Å². The van der Waals surface area contributed by atoms with Gasteiger partial charge in [0.05, 0.1) is 24.9 Å². The van der Waals surface area contributed by atoms with Gasteiger partial charge >= 0.3 is 0 Å². The summed E-state index contributed by atoms with van der Waals surface area (Å²) in [6.07, 6.45) is 2.07. The van der Waals surface area contributed by atoms with Gasteiger partial charge in [-0.25, -0.2) is 4.98 Å². The molecule has 8 heteroatoms. The topological polar surface area (TPSA) is 82.5 Å². The third kappa shape index (κ3) is 4.00. The molecule has 5 unspecified atom stereocenters. The first kappa shape index (κ1) is 23.2. The number of amides is 1. The van der Waals surface area contributed by atoms with Crippen molar-refractivity contribution in [3.05, 3.63) is 49.8 Å². The lowest BCUT2D eigenvalue weighted by Crippen LogP contribution is -2.57. The molecule has 0 bridgehead atoms. The van der Waals surface area contributed by atoms with Crippen LogP contribution < -0.4 is 5.32 Å². The van der Waals surface area contributed by atoms with Crippen molar-refractivity contribution >= 4 is 39.9 Å². The van der Waals surface area contributed by atoms with Gasteiger partial charge in [0.15, 0.2) is 0 Å². The number of aliphatic hydroxyl groups excluding tert-OH is 2. The molecule has 3 aromatic rings. The smallest absolute Gasteiger partial charge is 0.220 e. The molecule has 0 saturated heterocycles. The van der Waals surface area contributed by atoms with Crippen LogP contribution in [0.5, 0.6) is 0 Å². The Balaban J connectivity index is 1.51. The summed E-state index contributed by atoms with van der Waals surface area (Å²) in [7, 11) is 0. The van der Waals surface area contributed by atoms with Gasteiger partial charge in [-0.1, -0.05) is 19.9 Å². The first-order valence-electron chi connectivity index (χ1n) is 11.5. The molecule has 0 aliphatic heterocycles. The third-order valence-electron chi connectivity index (χ3n) is 8.09. The predicted octanol–water partition coefficient (Wildman–Crippen LogP) is 5.06. The monoisotopic (exact) mass is 502 g/mol. The molecule has 2 aliphatic rings. The van der Waals surface area contributed by atoms with Crippen LogP contribution in [0, 0.1) is 16.7 Å². The zero-order valence-corrected chi connectivity index (χ0v) is 21.4. The van der Waals surface area contributed by atoms with Gasteiger partial charge in [-0.3, -0.25) is 4.79 Å². The molecule has 5 rings (SSSR count). The number of thiazole rings is 1. The molecule has 0 spiro atoms. The second-order valence-electron chi connectivity index (χ2n) is 9.93. The Bertz CT molecular complexity index is 1110. The fourth-order valence-electron chi connectivity index (χ4n) is 6.01. The number of thiophene rings is 2. The molecule has 176 valence electrons. The van der Waals surface area contributed by atoms with Crippen LogP contribution in [-0.2, 0) is 17.8 Å². The van der Waals surface area contributed by atoms with Crippen LogP contribution in [0.3, 0.4) is 0 Å². The van der Waals surface area contributed by atoms with Gasteiger partial charge in [0.2, 0.25) is 5.91 Å². The second kappa shape index (κ2) is 8.89. The van der Waals surface area contributed by atoms with Crippen LogP contribution in [0.4, 0.5) is 0 Å². The molecular formula is C25H30N2O3S3. The Hall–Kier alpha value is -1.58. The van der Waals surface area contributed by atoms with Gasteiger partial charge in [0.1, 0.15) is 5.01 Å². The molecule has 1 saturated carbocycles. The minimum Gasteiger partial charge on any atom is -0.396 e. The van der Waals surface area contributed by atoms with Crippen molar-refractivity contribution in [2.24, 2.45) is 16.7 Å². The van der Waals surface area contributed by atoms with Crippen LogP contribution in [0.1, 0.15) is 54.5 Å². The molecule has 1 fully saturated rings. The highest BCUT2D eigenvalue weighted by molar-refractivity contribution is 7.15. The fraction of sp³-hybridized carbons (Fsp3) is 0.520. The summed E-state index contributed by atoms with van der Waals surface area (Å²) in [4.78, 5) is 20.6. The lowest BCUT2D eigenvalue weighted by atomic mass is 9.47. The van der Waals surface area contributed by atoms with E-state index in [-0.39, 0.29) is 29.8 Å². The van der Waals surface area contributed by atoms with Gasteiger partial charge in [-0.05, 0) is 53.5 Å². The average molecular weight is 503 g/mol. The lowest BCUT2D eigenvalue weighted by molar-refractivity contribution is -0.144. The van der Waals surface area contributed by atoms with E-state index in [1.165, 1.54) is 4.88 Å². The quantitative estimate of drug-likeness (QED) is 0.440. The summed E-state index contributed by atoms with van der Waals surface area (Å²) in [6.45, 7) is 4.75. The number of aromatic nitrogens is 1. The Morgan fingerprint density at radius 2 is 2.15 bits per heavy atom. The molecular weight excluding hydrogens is 472 g/mol. The van der Waals surface area contributed by atoms with E-state index in [1.807, 2.05) is 24.4 Å². The van der Waals surface area contributed by atoms with E-state index < -0.39 is 11.5 Å². The highest BCUT2D eigenvalue weighted by atomic mass is 32.1. The summed E-state index contributed by atoms with van der Waals surface area (Å²) in [6, 6.07) is 6.12. The summed E-state index contributed by atoms with van der Waals surface area (Å²) in [5.74, 6) is 0.0665. The third-order valence-corrected chi connectivity index (χ3v) is 10.8. The molecule has 1 amide bonds. The first-order chi connectivity index (χ1) is 15.8. The molecule has 3 heterocycles. The summed E-state index contributed by atoms with van der Waals surface area (Å²) in [5, 5.41) is 31.6. The molecule has 0 radical (unpaired) electrons. The van der Waals surface area contributed by atoms with Crippen molar-refractivity contribution in [3.63, 3.8) is 0 Å². The number of carbonyl (C=O) groups is 1. The van der Waals surface area contributed by atoms with Crippen LogP contribution in [0.15, 0.2) is 34.3 Å². The maximum absolute atomic E-state index is 13.1. The summed E-state index contributed by atoms with van der Waals surface area (Å²) in [5.41, 5.74) is 1.36. The van der Waals surface area contributed by atoms with Gasteiger partial charge in [0, 0.05) is 38.5 Å². The van der Waals surface area contributed by atoms with Crippen LogP contribution in [0.25, 0.3) is 10.6 Å².